The minimum absolute atomic E-state index is 0.0101. The van der Waals surface area contributed by atoms with E-state index in [-0.39, 0.29) is 6.61 Å². The van der Waals surface area contributed by atoms with Crippen molar-refractivity contribution in [2.24, 2.45) is 0 Å². The lowest BCUT2D eigenvalue weighted by Gasteiger charge is -2.41. The summed E-state index contributed by atoms with van der Waals surface area (Å²) in [4.78, 5) is 0. The Kier molecular flexibility index (Phi) is 5.26. The minimum atomic E-state index is -1.48. The van der Waals surface area contributed by atoms with Gasteiger partial charge in [-0.2, -0.15) is 0 Å². The van der Waals surface area contributed by atoms with Crippen molar-refractivity contribution in [1.29, 1.82) is 0 Å². The number of hydrogen-bond donors (Lipinski definition) is 3. The Morgan fingerprint density at radius 2 is 1.79 bits per heavy atom. The van der Waals surface area contributed by atoms with Gasteiger partial charge in [-0.05, 0) is 25.0 Å². The highest BCUT2D eigenvalue weighted by atomic mass is 16.7. The second-order valence-corrected chi connectivity index (χ2v) is 7.69. The Morgan fingerprint density at radius 1 is 1.07 bits per heavy atom. The quantitative estimate of drug-likeness (QED) is 0.744. The van der Waals surface area contributed by atoms with Gasteiger partial charge in [-0.1, -0.05) is 54.1 Å². The van der Waals surface area contributed by atoms with Gasteiger partial charge in [0.25, 0.3) is 0 Å². The summed E-state index contributed by atoms with van der Waals surface area (Å²) in [6, 6.07) is 15.4. The number of aliphatic hydroxyl groups excluding tert-OH is 2. The van der Waals surface area contributed by atoms with Crippen LogP contribution in [0.5, 0.6) is 0 Å². The molecule has 2 fully saturated rings. The fraction of sp³-hybridized carbons (Fsp3) is 0.455. The first-order valence-corrected chi connectivity index (χ1v) is 9.50. The first-order valence-electron chi connectivity index (χ1n) is 9.50. The average molecular weight is 386 g/mol. The first-order chi connectivity index (χ1) is 13.4. The third-order valence-electron chi connectivity index (χ3n) is 5.66. The molecule has 0 aromatic heterocycles. The maximum absolute atomic E-state index is 11.5. The number of hydrogen-bond acceptors (Lipinski definition) is 6. The Bertz CT molecular complexity index is 822. The molecule has 2 aromatic carbocycles. The number of ether oxygens (including phenoxy) is 3. The van der Waals surface area contributed by atoms with Crippen molar-refractivity contribution in [2.45, 2.75) is 50.2 Å². The highest BCUT2D eigenvalue weighted by Crippen LogP contribution is 2.49. The predicted molar refractivity (Wildman–Crippen MR) is 102 cm³/mol. The largest absolute Gasteiger partial charge is 0.394 e. The van der Waals surface area contributed by atoms with E-state index in [9.17, 15) is 15.3 Å². The molecule has 0 amide bonds. The third-order valence-corrected chi connectivity index (χ3v) is 5.66. The second kappa shape index (κ2) is 7.55. The molecular formula is C22H26O6. The molecule has 0 aliphatic carbocycles. The topological polar surface area (TPSA) is 88.4 Å². The molecular weight excluding hydrogens is 360 g/mol. The van der Waals surface area contributed by atoms with Crippen molar-refractivity contribution < 1.29 is 29.5 Å². The van der Waals surface area contributed by atoms with Crippen molar-refractivity contribution in [3.8, 4) is 0 Å². The van der Waals surface area contributed by atoms with E-state index in [1.807, 2.05) is 62.4 Å². The summed E-state index contributed by atoms with van der Waals surface area (Å²) in [6.45, 7) is 3.43. The summed E-state index contributed by atoms with van der Waals surface area (Å²) < 4.78 is 18.0. The van der Waals surface area contributed by atoms with Crippen LogP contribution in [0, 0.1) is 13.8 Å². The fourth-order valence-corrected chi connectivity index (χ4v) is 4.03. The SMILES string of the molecule is Cc1ccc(C2OC[C@@]3(O)C(c4ccccc4C)O[C@H](C(O)CO)[C@@H]3O2)cc1. The zero-order valence-electron chi connectivity index (χ0n) is 16.0. The van der Waals surface area contributed by atoms with E-state index in [0.717, 1.165) is 22.3 Å². The van der Waals surface area contributed by atoms with E-state index in [4.69, 9.17) is 14.2 Å². The first kappa shape index (κ1) is 19.5. The van der Waals surface area contributed by atoms with E-state index in [2.05, 4.69) is 0 Å². The molecule has 4 rings (SSSR count). The van der Waals surface area contributed by atoms with Crippen molar-refractivity contribution >= 4 is 0 Å². The number of benzene rings is 2. The van der Waals surface area contributed by atoms with Gasteiger partial charge in [0.1, 0.15) is 30.0 Å². The Labute approximate surface area is 164 Å². The standard InChI is InChI=1S/C22H26O6/c1-13-7-9-15(10-8-13)21-26-12-22(25)19(16-6-4-3-5-14(16)2)27-18(17(24)11-23)20(22)28-21/h3-10,17-21,23-25H,11-12H2,1-2H3/t17?,18-,19?,20+,21?,22-/m1/s1. The van der Waals surface area contributed by atoms with Crippen LogP contribution in [0.25, 0.3) is 0 Å². The molecule has 0 spiro atoms. The van der Waals surface area contributed by atoms with E-state index < -0.39 is 42.9 Å². The van der Waals surface area contributed by atoms with Crippen LogP contribution < -0.4 is 0 Å². The maximum atomic E-state index is 11.5. The number of aliphatic hydroxyl groups is 3. The molecule has 0 radical (unpaired) electrons. The zero-order valence-corrected chi connectivity index (χ0v) is 16.0. The lowest BCUT2D eigenvalue weighted by atomic mass is 9.84. The zero-order chi connectivity index (χ0) is 19.9. The second-order valence-electron chi connectivity index (χ2n) is 7.69. The molecule has 3 N–H and O–H groups in total. The van der Waals surface area contributed by atoms with Gasteiger partial charge in [-0.25, -0.2) is 0 Å². The van der Waals surface area contributed by atoms with Crippen LogP contribution in [0.3, 0.4) is 0 Å². The molecule has 2 heterocycles. The van der Waals surface area contributed by atoms with E-state index in [1.165, 1.54) is 0 Å². The molecule has 2 saturated heterocycles. The van der Waals surface area contributed by atoms with Gasteiger partial charge >= 0.3 is 0 Å². The number of rotatable bonds is 4. The van der Waals surface area contributed by atoms with Gasteiger partial charge in [0.15, 0.2) is 6.29 Å². The Hall–Kier alpha value is -1.80. The number of aryl methyl sites for hydroxylation is 2. The van der Waals surface area contributed by atoms with Crippen LogP contribution in [-0.4, -0.2) is 52.4 Å². The Morgan fingerprint density at radius 3 is 2.46 bits per heavy atom. The van der Waals surface area contributed by atoms with Gasteiger partial charge in [-0.3, -0.25) is 0 Å². The molecule has 6 atom stereocenters. The summed E-state index contributed by atoms with van der Waals surface area (Å²) >= 11 is 0. The molecule has 2 aliphatic heterocycles. The lowest BCUT2D eigenvalue weighted by molar-refractivity contribution is -0.292. The molecule has 0 saturated carbocycles. The highest BCUT2D eigenvalue weighted by Gasteiger charge is 2.62. The van der Waals surface area contributed by atoms with Gasteiger partial charge < -0.3 is 29.5 Å². The molecule has 6 nitrogen and oxygen atoms in total. The van der Waals surface area contributed by atoms with Crippen LogP contribution in [0.1, 0.15) is 34.6 Å². The van der Waals surface area contributed by atoms with Crippen LogP contribution >= 0.6 is 0 Å². The minimum Gasteiger partial charge on any atom is -0.394 e. The van der Waals surface area contributed by atoms with E-state index in [0.29, 0.717) is 0 Å². The van der Waals surface area contributed by atoms with Gasteiger partial charge in [0, 0.05) is 5.56 Å². The summed E-state index contributed by atoms with van der Waals surface area (Å²) in [6.07, 6.45) is -4.32. The van der Waals surface area contributed by atoms with Crippen molar-refractivity contribution in [1.82, 2.24) is 0 Å². The van der Waals surface area contributed by atoms with Gasteiger partial charge in [-0.15, -0.1) is 0 Å². The molecule has 28 heavy (non-hydrogen) atoms. The van der Waals surface area contributed by atoms with E-state index in [1.54, 1.807) is 0 Å². The normalized spacial score (nSPS) is 33.5. The molecule has 2 aromatic rings. The lowest BCUT2D eigenvalue weighted by Crippen LogP contribution is -2.56. The number of fused-ring (bicyclic) bond motifs is 1. The summed E-state index contributed by atoms with van der Waals surface area (Å²) in [5, 5.41) is 31.3. The summed E-state index contributed by atoms with van der Waals surface area (Å²) in [7, 11) is 0. The average Bonchev–Trinajstić information content (AvgIpc) is 3.00. The molecule has 6 heteroatoms. The van der Waals surface area contributed by atoms with Crippen LogP contribution in [0.15, 0.2) is 48.5 Å². The van der Waals surface area contributed by atoms with Crippen LogP contribution in [0.2, 0.25) is 0 Å². The maximum Gasteiger partial charge on any atom is 0.184 e. The van der Waals surface area contributed by atoms with Gasteiger partial charge in [0.05, 0.1) is 13.2 Å². The smallest absolute Gasteiger partial charge is 0.184 e. The summed E-state index contributed by atoms with van der Waals surface area (Å²) in [5.41, 5.74) is 2.23. The third kappa shape index (κ3) is 3.26. The van der Waals surface area contributed by atoms with Crippen molar-refractivity contribution in [3.63, 3.8) is 0 Å². The molecule has 150 valence electrons. The van der Waals surface area contributed by atoms with Crippen molar-refractivity contribution in [3.05, 3.63) is 70.8 Å². The fourth-order valence-electron chi connectivity index (χ4n) is 4.03. The van der Waals surface area contributed by atoms with Crippen LogP contribution in [-0.2, 0) is 14.2 Å². The molecule has 2 aliphatic rings. The van der Waals surface area contributed by atoms with Crippen LogP contribution in [0.4, 0.5) is 0 Å². The van der Waals surface area contributed by atoms with E-state index >= 15 is 0 Å². The highest BCUT2D eigenvalue weighted by molar-refractivity contribution is 5.33. The predicted octanol–water partition coefficient (Wildman–Crippen LogP) is 1.94. The van der Waals surface area contributed by atoms with Gasteiger partial charge in [0.2, 0.25) is 0 Å². The van der Waals surface area contributed by atoms with Crippen molar-refractivity contribution in [2.75, 3.05) is 13.2 Å². The summed E-state index contributed by atoms with van der Waals surface area (Å²) in [5.74, 6) is 0. The molecule has 3 unspecified atom stereocenters. The monoisotopic (exact) mass is 386 g/mol. The molecule has 0 bridgehead atoms. The Balaban J connectivity index is 1.67.